The van der Waals surface area contributed by atoms with Gasteiger partial charge in [-0.15, -0.1) is 0 Å². The average molecular weight is 515 g/mol. The molecule has 0 saturated carbocycles. The lowest BCUT2D eigenvalue weighted by Crippen LogP contribution is -2.42. The topological polar surface area (TPSA) is 59.9 Å². The molecule has 3 rings (SSSR count). The molecule has 1 N–H and O–H groups in total. The predicted molar refractivity (Wildman–Crippen MR) is 108 cm³/mol. The van der Waals surface area contributed by atoms with Gasteiger partial charge in [0.05, 0.1) is 18.4 Å². The third-order valence-corrected chi connectivity index (χ3v) is 5.18. The molecule has 5 nitrogen and oxygen atoms in total. The van der Waals surface area contributed by atoms with Gasteiger partial charge >= 0.3 is 12.4 Å². The maximum atomic E-state index is 14.1. The molecular weight excluding hydrogens is 501 g/mol. The van der Waals surface area contributed by atoms with Crippen LogP contribution in [0.4, 0.5) is 26.3 Å². The summed E-state index contributed by atoms with van der Waals surface area (Å²) in [7, 11) is 1.15. The molecule has 13 heteroatoms. The number of amides is 1. The number of oxime groups is 1. The zero-order valence-electron chi connectivity index (χ0n) is 16.6. The van der Waals surface area contributed by atoms with Crippen LogP contribution in [0.3, 0.4) is 0 Å². The van der Waals surface area contributed by atoms with E-state index < -0.39 is 36.8 Å². The molecule has 178 valence electrons. The fourth-order valence-electron chi connectivity index (χ4n) is 3.18. The second kappa shape index (κ2) is 8.94. The first-order chi connectivity index (χ1) is 15.3. The van der Waals surface area contributed by atoms with E-state index in [9.17, 15) is 31.1 Å². The van der Waals surface area contributed by atoms with E-state index in [0.717, 1.165) is 25.3 Å². The molecular formula is C20H14Cl2F6N2O3. The number of nitrogens with one attached hydrogen (secondary N) is 1. The van der Waals surface area contributed by atoms with E-state index in [4.69, 9.17) is 32.8 Å². The molecule has 1 aliphatic rings. The van der Waals surface area contributed by atoms with E-state index in [0.29, 0.717) is 0 Å². The first kappa shape index (κ1) is 25.0. The Morgan fingerprint density at radius 1 is 1.12 bits per heavy atom. The van der Waals surface area contributed by atoms with Crippen molar-refractivity contribution < 1.29 is 40.7 Å². The Hall–Kier alpha value is -2.66. The highest BCUT2D eigenvalue weighted by molar-refractivity contribution is 6.34. The van der Waals surface area contributed by atoms with Gasteiger partial charge in [0.1, 0.15) is 12.3 Å². The van der Waals surface area contributed by atoms with Gasteiger partial charge in [-0.25, -0.2) is 0 Å². The van der Waals surface area contributed by atoms with Crippen LogP contribution >= 0.6 is 23.2 Å². The van der Waals surface area contributed by atoms with Crippen LogP contribution in [0.15, 0.2) is 41.6 Å². The minimum atomic E-state index is -4.91. The third-order valence-electron chi connectivity index (χ3n) is 4.74. The Labute approximate surface area is 193 Å². The molecule has 1 aliphatic heterocycles. The molecule has 0 saturated heterocycles. The number of hydrogen-bond donors (Lipinski definition) is 1. The monoisotopic (exact) mass is 514 g/mol. The van der Waals surface area contributed by atoms with Crippen LogP contribution in [0.5, 0.6) is 5.75 Å². The first-order valence-electron chi connectivity index (χ1n) is 9.07. The molecule has 0 bridgehead atoms. The Balaban J connectivity index is 1.92. The molecule has 1 unspecified atom stereocenters. The summed E-state index contributed by atoms with van der Waals surface area (Å²) in [6.45, 7) is -1.56. The molecule has 33 heavy (non-hydrogen) atoms. The molecule has 1 amide bonds. The van der Waals surface area contributed by atoms with Gasteiger partial charge in [-0.05, 0) is 30.3 Å². The van der Waals surface area contributed by atoms with Crippen LogP contribution in [0, 0.1) is 0 Å². The van der Waals surface area contributed by atoms with Crippen molar-refractivity contribution >= 4 is 34.8 Å². The minimum Gasteiger partial charge on any atom is -0.496 e. The fourth-order valence-corrected chi connectivity index (χ4v) is 3.71. The van der Waals surface area contributed by atoms with Crippen LogP contribution in [0.1, 0.15) is 27.9 Å². The summed E-state index contributed by atoms with van der Waals surface area (Å²) in [5.41, 5.74) is -3.50. The highest BCUT2D eigenvalue weighted by atomic mass is 35.5. The van der Waals surface area contributed by atoms with Gasteiger partial charge in [0.25, 0.3) is 11.5 Å². The number of hydrogen-bond acceptors (Lipinski definition) is 4. The first-order valence-corrected chi connectivity index (χ1v) is 9.83. The highest BCUT2D eigenvalue weighted by Crippen LogP contribution is 2.49. The zero-order valence-corrected chi connectivity index (χ0v) is 18.1. The van der Waals surface area contributed by atoms with E-state index in [2.05, 4.69) is 5.16 Å². The summed E-state index contributed by atoms with van der Waals surface area (Å²) in [5, 5.41) is 5.21. The Kier molecular flexibility index (Phi) is 6.77. The average Bonchev–Trinajstić information content (AvgIpc) is 3.17. The van der Waals surface area contributed by atoms with Crippen molar-refractivity contribution in [2.24, 2.45) is 5.16 Å². The predicted octanol–water partition coefficient (Wildman–Crippen LogP) is 5.88. The van der Waals surface area contributed by atoms with Crippen molar-refractivity contribution in [3.63, 3.8) is 0 Å². The fraction of sp³-hybridized carbons (Fsp3) is 0.300. The minimum absolute atomic E-state index is 0.0333. The Morgan fingerprint density at radius 2 is 1.76 bits per heavy atom. The third kappa shape index (κ3) is 5.30. The van der Waals surface area contributed by atoms with Crippen molar-refractivity contribution in [2.45, 2.75) is 24.4 Å². The highest BCUT2D eigenvalue weighted by Gasteiger charge is 2.62. The lowest BCUT2D eigenvalue weighted by Gasteiger charge is -2.29. The van der Waals surface area contributed by atoms with Crippen LogP contribution in [-0.4, -0.2) is 37.6 Å². The van der Waals surface area contributed by atoms with Crippen molar-refractivity contribution in [2.75, 3.05) is 13.7 Å². The number of benzene rings is 2. The standard InChI is InChI=1S/C20H14Cl2F6N2O3/c1-32-16-4-10(2-3-14(16)17(31)29-9-19(23,24)25)15-8-18(33-30-15,20(26,27)28)11-5-12(21)7-13(22)6-11/h2-7H,8-9H2,1H3,(H,29,31). The number of halogens is 8. The van der Waals surface area contributed by atoms with E-state index in [1.807, 2.05) is 0 Å². The van der Waals surface area contributed by atoms with E-state index in [1.54, 1.807) is 5.32 Å². The van der Waals surface area contributed by atoms with Crippen LogP contribution in [0.2, 0.25) is 10.0 Å². The Bertz CT molecular complexity index is 1080. The van der Waals surface area contributed by atoms with E-state index >= 15 is 0 Å². The summed E-state index contributed by atoms with van der Waals surface area (Å²) in [6.07, 6.45) is -10.3. The largest absolute Gasteiger partial charge is 0.496 e. The number of nitrogens with zero attached hydrogens (tertiary/aromatic N) is 1. The maximum Gasteiger partial charge on any atom is 0.435 e. The van der Waals surface area contributed by atoms with E-state index in [1.165, 1.54) is 18.2 Å². The van der Waals surface area contributed by atoms with Gasteiger partial charge in [-0.1, -0.05) is 34.4 Å². The molecule has 2 aromatic rings. The number of ether oxygens (including phenoxy) is 1. The van der Waals surface area contributed by atoms with Crippen molar-refractivity contribution in [3.8, 4) is 5.75 Å². The number of rotatable bonds is 5. The summed E-state index contributed by atoms with van der Waals surface area (Å²) in [5.74, 6) is -1.23. The molecule has 0 spiro atoms. The lowest BCUT2D eigenvalue weighted by molar-refractivity contribution is -0.275. The number of carbonyl (C=O) groups is 1. The quantitative estimate of drug-likeness (QED) is 0.507. The molecule has 0 fully saturated rings. The number of carbonyl (C=O) groups excluding carboxylic acids is 1. The van der Waals surface area contributed by atoms with Gasteiger partial charge in [0.15, 0.2) is 0 Å². The molecule has 1 atom stereocenters. The van der Waals surface area contributed by atoms with Crippen molar-refractivity contribution in [3.05, 3.63) is 63.1 Å². The summed E-state index contributed by atoms with van der Waals surface area (Å²) in [4.78, 5) is 17.0. The summed E-state index contributed by atoms with van der Waals surface area (Å²) >= 11 is 11.7. The smallest absolute Gasteiger partial charge is 0.435 e. The van der Waals surface area contributed by atoms with Gasteiger partial charge in [-0.2, -0.15) is 26.3 Å². The van der Waals surface area contributed by atoms with E-state index in [-0.39, 0.29) is 38.2 Å². The molecule has 1 heterocycles. The second-order valence-electron chi connectivity index (χ2n) is 7.00. The van der Waals surface area contributed by atoms with Gasteiger partial charge < -0.3 is 14.9 Å². The van der Waals surface area contributed by atoms with Crippen molar-refractivity contribution in [1.82, 2.24) is 5.32 Å². The molecule has 0 radical (unpaired) electrons. The van der Waals surface area contributed by atoms with Gasteiger partial charge in [-0.3, -0.25) is 4.79 Å². The zero-order chi connectivity index (χ0) is 24.6. The summed E-state index contributed by atoms with van der Waals surface area (Å²) < 4.78 is 84.4. The normalized spacial score (nSPS) is 18.5. The second-order valence-corrected chi connectivity index (χ2v) is 7.87. The molecule has 0 aromatic heterocycles. The number of alkyl halides is 6. The molecule has 0 aliphatic carbocycles. The number of methoxy groups -OCH3 is 1. The SMILES string of the molecule is COc1cc(C2=NOC(c3cc(Cl)cc(Cl)c3)(C(F)(F)F)C2)ccc1C(=O)NCC(F)(F)F. The van der Waals surface area contributed by atoms with Crippen LogP contribution in [0.25, 0.3) is 0 Å². The van der Waals surface area contributed by atoms with Crippen LogP contribution in [-0.2, 0) is 10.4 Å². The maximum absolute atomic E-state index is 14.1. The lowest BCUT2D eigenvalue weighted by atomic mass is 9.86. The Morgan fingerprint density at radius 3 is 2.30 bits per heavy atom. The molecule has 2 aromatic carbocycles. The van der Waals surface area contributed by atoms with Crippen molar-refractivity contribution in [1.29, 1.82) is 0 Å². The van der Waals surface area contributed by atoms with Crippen LogP contribution < -0.4 is 10.1 Å². The van der Waals surface area contributed by atoms with Gasteiger partial charge in [0, 0.05) is 27.6 Å². The summed E-state index contributed by atoms with van der Waals surface area (Å²) in [6, 6.07) is 6.92. The van der Waals surface area contributed by atoms with Gasteiger partial charge in [0.2, 0.25) is 0 Å².